The molecule has 3 aromatic heterocycles. The van der Waals surface area contributed by atoms with Gasteiger partial charge in [0.1, 0.15) is 12.0 Å². The number of aryl methyl sites for hydroxylation is 1. The van der Waals surface area contributed by atoms with Crippen molar-refractivity contribution in [1.82, 2.24) is 24.1 Å². The van der Waals surface area contributed by atoms with Gasteiger partial charge in [-0.1, -0.05) is 0 Å². The Balaban J connectivity index is 1.43. The standard InChI is InChI=1S/C21H23FN6O3/c1-25-21(31)26-7-6-16(9-19(26)24-25)28(15-3-4-15)18-5-2-13(10-23-18)20(30)27-11-14(22)8-17(27)12-29/h2,5-7,9-10,14-15,17,29H,3-4,8,11-12H2,1H3/t14-,17-/m0/s1. The number of rotatable bonds is 5. The van der Waals surface area contributed by atoms with Crippen LogP contribution in [0.2, 0.25) is 0 Å². The zero-order valence-corrected chi connectivity index (χ0v) is 17.1. The van der Waals surface area contributed by atoms with Crippen molar-refractivity contribution >= 4 is 23.1 Å². The quantitative estimate of drug-likeness (QED) is 0.660. The van der Waals surface area contributed by atoms with Crippen LogP contribution in [0.3, 0.4) is 0 Å². The average Bonchev–Trinajstić information content (AvgIpc) is 3.47. The van der Waals surface area contributed by atoms with Gasteiger partial charge in [0.05, 0.1) is 24.8 Å². The topological polar surface area (TPSA) is 96.0 Å². The molecule has 2 atom stereocenters. The Bertz CT molecular complexity index is 1190. The van der Waals surface area contributed by atoms with E-state index >= 15 is 0 Å². The Morgan fingerprint density at radius 1 is 1.32 bits per heavy atom. The molecule has 0 bridgehead atoms. The molecular formula is C21H23FN6O3. The van der Waals surface area contributed by atoms with Crippen LogP contribution in [0, 0.1) is 0 Å². The minimum atomic E-state index is -1.12. The van der Waals surface area contributed by atoms with Crippen molar-refractivity contribution in [3.63, 3.8) is 0 Å². The van der Waals surface area contributed by atoms with Gasteiger partial charge in [-0.25, -0.2) is 18.9 Å². The lowest BCUT2D eigenvalue weighted by atomic mass is 10.2. The number of halogens is 1. The Kier molecular flexibility index (Phi) is 4.73. The number of amides is 1. The number of fused-ring (bicyclic) bond motifs is 1. The van der Waals surface area contributed by atoms with Crippen LogP contribution in [-0.4, -0.2) is 66.5 Å². The maximum Gasteiger partial charge on any atom is 0.350 e. The Morgan fingerprint density at radius 2 is 2.13 bits per heavy atom. The molecule has 0 aromatic carbocycles. The lowest BCUT2D eigenvalue weighted by Gasteiger charge is -2.25. The number of hydrogen-bond donors (Lipinski definition) is 1. The summed E-state index contributed by atoms with van der Waals surface area (Å²) in [5.41, 5.74) is 1.57. The number of hydrogen-bond acceptors (Lipinski definition) is 6. The molecule has 1 aliphatic heterocycles. The van der Waals surface area contributed by atoms with Crippen LogP contribution in [0.4, 0.5) is 15.9 Å². The predicted molar refractivity (Wildman–Crippen MR) is 111 cm³/mol. The molecule has 10 heteroatoms. The summed E-state index contributed by atoms with van der Waals surface area (Å²) < 4.78 is 16.5. The molecule has 1 saturated carbocycles. The van der Waals surface area contributed by atoms with Crippen LogP contribution in [0.15, 0.2) is 41.5 Å². The molecule has 1 N–H and O–H groups in total. The van der Waals surface area contributed by atoms with E-state index in [0.717, 1.165) is 18.5 Å². The van der Waals surface area contributed by atoms with Gasteiger partial charge >= 0.3 is 5.69 Å². The van der Waals surface area contributed by atoms with E-state index in [1.54, 1.807) is 25.4 Å². The lowest BCUT2D eigenvalue weighted by Crippen LogP contribution is -2.38. The van der Waals surface area contributed by atoms with Gasteiger partial charge in [0, 0.05) is 43.7 Å². The average molecular weight is 426 g/mol. The molecule has 2 fully saturated rings. The highest BCUT2D eigenvalue weighted by atomic mass is 19.1. The summed E-state index contributed by atoms with van der Waals surface area (Å²) in [5, 5.41) is 13.7. The number of carbonyl (C=O) groups excluding carboxylic acids is 1. The van der Waals surface area contributed by atoms with E-state index in [1.165, 1.54) is 20.2 Å². The highest BCUT2D eigenvalue weighted by Gasteiger charge is 2.36. The summed E-state index contributed by atoms with van der Waals surface area (Å²) in [6.45, 7) is -0.268. The number of carbonyl (C=O) groups is 1. The smallest absolute Gasteiger partial charge is 0.350 e. The number of likely N-dealkylation sites (tertiary alicyclic amines) is 1. The van der Waals surface area contributed by atoms with Gasteiger partial charge in [-0.3, -0.25) is 9.20 Å². The second-order valence-corrected chi connectivity index (χ2v) is 8.15. The highest BCUT2D eigenvalue weighted by molar-refractivity contribution is 5.94. The van der Waals surface area contributed by atoms with Crippen LogP contribution in [-0.2, 0) is 7.05 Å². The second-order valence-electron chi connectivity index (χ2n) is 8.15. The fourth-order valence-corrected chi connectivity index (χ4v) is 4.18. The predicted octanol–water partition coefficient (Wildman–Crippen LogP) is 1.27. The summed E-state index contributed by atoms with van der Waals surface area (Å²) in [4.78, 5) is 32.8. The maximum absolute atomic E-state index is 13.7. The van der Waals surface area contributed by atoms with Crippen molar-refractivity contribution in [2.45, 2.75) is 37.5 Å². The maximum atomic E-state index is 13.7. The second kappa shape index (κ2) is 7.45. The van der Waals surface area contributed by atoms with Gasteiger partial charge in [0.25, 0.3) is 5.91 Å². The number of aliphatic hydroxyl groups is 1. The molecule has 1 amide bonds. The van der Waals surface area contributed by atoms with E-state index in [-0.39, 0.29) is 37.2 Å². The first-order valence-corrected chi connectivity index (χ1v) is 10.3. The molecule has 4 heterocycles. The third kappa shape index (κ3) is 3.46. The summed E-state index contributed by atoms with van der Waals surface area (Å²) in [6.07, 6.45) is 4.27. The van der Waals surface area contributed by atoms with Crippen molar-refractivity contribution in [3.05, 3.63) is 52.7 Å². The Labute approximate surface area is 177 Å². The monoisotopic (exact) mass is 426 g/mol. The summed E-state index contributed by atoms with van der Waals surface area (Å²) >= 11 is 0. The summed E-state index contributed by atoms with van der Waals surface area (Å²) in [6, 6.07) is 6.95. The fraction of sp³-hybridized carbons (Fsp3) is 0.429. The number of pyridine rings is 2. The number of nitrogens with zero attached hydrogens (tertiary/aromatic N) is 6. The number of alkyl halides is 1. The van der Waals surface area contributed by atoms with Gasteiger partial charge in [-0.2, -0.15) is 5.10 Å². The molecule has 0 unspecified atom stereocenters. The molecule has 31 heavy (non-hydrogen) atoms. The molecule has 0 spiro atoms. The molecule has 162 valence electrons. The SMILES string of the molecule is Cn1nc2cc(N(c3ccc(C(=O)N4C[C@@H](F)C[C@H]4CO)cn3)C3CC3)ccn2c1=O. The molecule has 0 radical (unpaired) electrons. The van der Waals surface area contributed by atoms with Gasteiger partial charge in [0.15, 0.2) is 5.65 Å². The highest BCUT2D eigenvalue weighted by Crippen LogP contribution is 2.37. The Hall–Kier alpha value is -3.27. The minimum Gasteiger partial charge on any atom is -0.394 e. The molecule has 5 rings (SSSR count). The number of aromatic nitrogens is 4. The van der Waals surface area contributed by atoms with Crippen LogP contribution >= 0.6 is 0 Å². The van der Waals surface area contributed by atoms with Crippen molar-refractivity contribution < 1.29 is 14.3 Å². The van der Waals surface area contributed by atoms with Gasteiger partial charge in [-0.15, -0.1) is 0 Å². The van der Waals surface area contributed by atoms with E-state index in [2.05, 4.69) is 15.0 Å². The van der Waals surface area contributed by atoms with E-state index in [0.29, 0.717) is 17.0 Å². The van der Waals surface area contributed by atoms with E-state index < -0.39 is 12.2 Å². The van der Waals surface area contributed by atoms with Crippen molar-refractivity contribution in [3.8, 4) is 0 Å². The van der Waals surface area contributed by atoms with Gasteiger partial charge in [0.2, 0.25) is 0 Å². The van der Waals surface area contributed by atoms with Gasteiger partial charge in [-0.05, 0) is 31.0 Å². The van der Waals surface area contributed by atoms with Crippen LogP contribution in [0.1, 0.15) is 29.6 Å². The third-order valence-electron chi connectivity index (χ3n) is 5.92. The molecule has 3 aromatic rings. The molecule has 2 aliphatic rings. The number of anilines is 2. The van der Waals surface area contributed by atoms with Gasteiger partial charge < -0.3 is 14.9 Å². The first-order chi connectivity index (χ1) is 15.0. The summed E-state index contributed by atoms with van der Waals surface area (Å²) in [7, 11) is 1.61. The Morgan fingerprint density at radius 3 is 2.81 bits per heavy atom. The normalized spacial score (nSPS) is 21.1. The molecule has 1 saturated heterocycles. The lowest BCUT2D eigenvalue weighted by molar-refractivity contribution is 0.0672. The third-order valence-corrected chi connectivity index (χ3v) is 5.92. The number of aliphatic hydroxyl groups excluding tert-OH is 1. The summed E-state index contributed by atoms with van der Waals surface area (Å²) in [5.74, 6) is 0.357. The first-order valence-electron chi connectivity index (χ1n) is 10.3. The van der Waals surface area contributed by atoms with Crippen LogP contribution in [0.25, 0.3) is 5.65 Å². The van der Waals surface area contributed by atoms with Crippen molar-refractivity contribution in [2.75, 3.05) is 18.1 Å². The molecule has 1 aliphatic carbocycles. The van der Waals surface area contributed by atoms with Crippen LogP contribution in [0.5, 0.6) is 0 Å². The largest absolute Gasteiger partial charge is 0.394 e. The van der Waals surface area contributed by atoms with E-state index in [9.17, 15) is 19.1 Å². The minimum absolute atomic E-state index is 0.0104. The molecular weight excluding hydrogens is 403 g/mol. The zero-order valence-electron chi connectivity index (χ0n) is 17.1. The first kappa shape index (κ1) is 19.7. The fourth-order valence-electron chi connectivity index (χ4n) is 4.18. The van der Waals surface area contributed by atoms with Crippen LogP contribution < -0.4 is 10.6 Å². The molecule has 9 nitrogen and oxygen atoms in total. The van der Waals surface area contributed by atoms with E-state index in [4.69, 9.17) is 0 Å². The van der Waals surface area contributed by atoms with Crippen molar-refractivity contribution in [2.24, 2.45) is 7.05 Å². The van der Waals surface area contributed by atoms with E-state index in [1.807, 2.05) is 12.1 Å². The zero-order chi connectivity index (χ0) is 21.7. The van der Waals surface area contributed by atoms with Crippen molar-refractivity contribution in [1.29, 1.82) is 0 Å².